The second-order valence-electron chi connectivity index (χ2n) is 6.62. The number of carbonyl (C=O) groups excluding carboxylic acids is 3. The Bertz CT molecular complexity index is 1060. The van der Waals surface area contributed by atoms with Gasteiger partial charge in [-0.05, 0) is 62.4 Å². The van der Waals surface area contributed by atoms with Gasteiger partial charge in [-0.2, -0.15) is 0 Å². The van der Waals surface area contributed by atoms with Crippen molar-refractivity contribution in [3.05, 3.63) is 95.1 Å². The second-order valence-corrected chi connectivity index (χ2v) is 6.62. The molecular formula is C24H22N2O4. The van der Waals surface area contributed by atoms with Crippen molar-refractivity contribution < 1.29 is 19.1 Å². The first kappa shape index (κ1) is 20.8. The van der Waals surface area contributed by atoms with Gasteiger partial charge in [0.2, 0.25) is 0 Å². The molecule has 0 atom stereocenters. The number of para-hydroxylation sites is 1. The largest absolute Gasteiger partial charge is 0.462 e. The third-order valence-corrected chi connectivity index (χ3v) is 4.39. The number of hydrogen-bond acceptors (Lipinski definition) is 4. The number of anilines is 2. The molecule has 0 radical (unpaired) electrons. The van der Waals surface area contributed by atoms with Crippen LogP contribution in [0.5, 0.6) is 0 Å². The molecule has 0 bridgehead atoms. The molecule has 0 fully saturated rings. The quantitative estimate of drug-likeness (QED) is 0.587. The number of carbonyl (C=O) groups is 3. The Morgan fingerprint density at radius 2 is 1.40 bits per heavy atom. The summed E-state index contributed by atoms with van der Waals surface area (Å²) in [7, 11) is 0. The monoisotopic (exact) mass is 402 g/mol. The molecule has 3 aromatic rings. The lowest BCUT2D eigenvalue weighted by Gasteiger charge is -2.12. The minimum atomic E-state index is -0.417. The number of benzene rings is 3. The third-order valence-electron chi connectivity index (χ3n) is 4.39. The number of ether oxygens (including phenoxy) is 1. The molecule has 3 aromatic carbocycles. The summed E-state index contributed by atoms with van der Waals surface area (Å²) in [5, 5.41) is 5.56. The van der Waals surface area contributed by atoms with Crippen LogP contribution in [0.3, 0.4) is 0 Å². The Labute approximate surface area is 174 Å². The average Bonchev–Trinajstić information content (AvgIpc) is 2.75. The predicted molar refractivity (Wildman–Crippen MR) is 116 cm³/mol. The summed E-state index contributed by atoms with van der Waals surface area (Å²) >= 11 is 0. The topological polar surface area (TPSA) is 84.5 Å². The molecule has 0 saturated carbocycles. The maximum atomic E-state index is 12.8. The first-order valence-electron chi connectivity index (χ1n) is 9.53. The highest BCUT2D eigenvalue weighted by atomic mass is 16.5. The van der Waals surface area contributed by atoms with Crippen molar-refractivity contribution in [2.75, 3.05) is 17.2 Å². The summed E-state index contributed by atoms with van der Waals surface area (Å²) in [5.74, 6) is -1.09. The smallest absolute Gasteiger partial charge is 0.338 e. The number of rotatable bonds is 6. The zero-order valence-electron chi connectivity index (χ0n) is 16.8. The van der Waals surface area contributed by atoms with Gasteiger partial charge in [0.25, 0.3) is 11.8 Å². The van der Waals surface area contributed by atoms with E-state index in [0.29, 0.717) is 34.7 Å². The molecule has 6 nitrogen and oxygen atoms in total. The highest BCUT2D eigenvalue weighted by Crippen LogP contribution is 2.19. The van der Waals surface area contributed by atoms with Crippen LogP contribution in [-0.4, -0.2) is 24.4 Å². The molecule has 0 saturated heterocycles. The van der Waals surface area contributed by atoms with Gasteiger partial charge in [-0.15, -0.1) is 0 Å². The van der Waals surface area contributed by atoms with Crippen LogP contribution < -0.4 is 10.6 Å². The van der Waals surface area contributed by atoms with Crippen LogP contribution in [0.2, 0.25) is 0 Å². The van der Waals surface area contributed by atoms with E-state index in [-0.39, 0.29) is 11.8 Å². The van der Waals surface area contributed by atoms with E-state index in [1.54, 1.807) is 67.6 Å². The van der Waals surface area contributed by atoms with Crippen molar-refractivity contribution in [2.45, 2.75) is 13.8 Å². The van der Waals surface area contributed by atoms with Crippen molar-refractivity contribution in [3.63, 3.8) is 0 Å². The molecule has 0 heterocycles. The summed E-state index contributed by atoms with van der Waals surface area (Å²) in [5.41, 5.74) is 3.22. The van der Waals surface area contributed by atoms with Gasteiger partial charge in [0.05, 0.1) is 23.4 Å². The average molecular weight is 402 g/mol. The van der Waals surface area contributed by atoms with Gasteiger partial charge in [-0.1, -0.05) is 29.8 Å². The van der Waals surface area contributed by atoms with Gasteiger partial charge >= 0.3 is 5.97 Å². The lowest BCUT2D eigenvalue weighted by molar-refractivity contribution is 0.0526. The predicted octanol–water partition coefficient (Wildman–Crippen LogP) is 4.68. The van der Waals surface area contributed by atoms with Crippen molar-refractivity contribution in [1.82, 2.24) is 0 Å². The highest BCUT2D eigenvalue weighted by Gasteiger charge is 2.15. The van der Waals surface area contributed by atoms with Crippen LogP contribution >= 0.6 is 0 Å². The minimum absolute atomic E-state index is 0.294. The number of nitrogens with one attached hydrogen (secondary N) is 2. The standard InChI is InChI=1S/C24H22N2O4/c1-3-30-24(29)18-12-14-19(15-13-18)25-23(28)20-6-4-5-7-21(20)26-22(27)17-10-8-16(2)9-11-17/h4-15H,3H2,1-2H3,(H,25,28)(H,26,27). The van der Waals surface area contributed by atoms with E-state index >= 15 is 0 Å². The lowest BCUT2D eigenvalue weighted by atomic mass is 10.1. The van der Waals surface area contributed by atoms with Gasteiger partial charge in [-0.25, -0.2) is 4.79 Å². The van der Waals surface area contributed by atoms with Crippen LogP contribution in [-0.2, 0) is 4.74 Å². The molecule has 0 spiro atoms. The Kier molecular flexibility index (Phi) is 6.60. The first-order chi connectivity index (χ1) is 14.5. The van der Waals surface area contributed by atoms with Crippen molar-refractivity contribution in [2.24, 2.45) is 0 Å². The lowest BCUT2D eigenvalue weighted by Crippen LogP contribution is -2.18. The fourth-order valence-corrected chi connectivity index (χ4v) is 2.79. The summed E-state index contributed by atoms with van der Waals surface area (Å²) < 4.78 is 4.95. The molecular weight excluding hydrogens is 380 g/mol. The van der Waals surface area contributed by atoms with E-state index in [1.807, 2.05) is 19.1 Å². The van der Waals surface area contributed by atoms with E-state index in [4.69, 9.17) is 4.74 Å². The fraction of sp³-hybridized carbons (Fsp3) is 0.125. The maximum Gasteiger partial charge on any atom is 0.338 e. The molecule has 0 unspecified atom stereocenters. The maximum absolute atomic E-state index is 12.8. The van der Waals surface area contributed by atoms with E-state index in [1.165, 1.54) is 0 Å². The fourth-order valence-electron chi connectivity index (χ4n) is 2.79. The normalized spacial score (nSPS) is 10.2. The molecule has 6 heteroatoms. The number of amides is 2. The van der Waals surface area contributed by atoms with Crippen LogP contribution in [0.4, 0.5) is 11.4 Å². The summed E-state index contributed by atoms with van der Waals surface area (Å²) in [6.07, 6.45) is 0. The van der Waals surface area contributed by atoms with Crippen molar-refractivity contribution in [3.8, 4) is 0 Å². The minimum Gasteiger partial charge on any atom is -0.462 e. The molecule has 0 aromatic heterocycles. The Hall–Kier alpha value is -3.93. The molecule has 3 rings (SSSR count). The molecule has 0 aliphatic carbocycles. The van der Waals surface area contributed by atoms with Gasteiger partial charge < -0.3 is 15.4 Å². The Morgan fingerprint density at radius 1 is 0.767 bits per heavy atom. The van der Waals surface area contributed by atoms with Crippen LogP contribution in [0.25, 0.3) is 0 Å². The van der Waals surface area contributed by atoms with Crippen molar-refractivity contribution in [1.29, 1.82) is 0 Å². The number of hydrogen-bond donors (Lipinski definition) is 2. The van der Waals surface area contributed by atoms with E-state index in [0.717, 1.165) is 5.56 Å². The Balaban J connectivity index is 1.73. The van der Waals surface area contributed by atoms with E-state index in [9.17, 15) is 14.4 Å². The molecule has 152 valence electrons. The van der Waals surface area contributed by atoms with Crippen LogP contribution in [0, 0.1) is 6.92 Å². The molecule has 2 amide bonds. The molecule has 30 heavy (non-hydrogen) atoms. The van der Waals surface area contributed by atoms with E-state index < -0.39 is 5.97 Å². The summed E-state index contributed by atoms with van der Waals surface area (Å²) in [6.45, 7) is 3.98. The van der Waals surface area contributed by atoms with Gasteiger partial charge in [0.1, 0.15) is 0 Å². The third kappa shape index (κ3) is 5.11. The first-order valence-corrected chi connectivity index (χ1v) is 9.53. The number of esters is 1. The zero-order valence-corrected chi connectivity index (χ0v) is 16.8. The molecule has 0 aliphatic rings. The van der Waals surface area contributed by atoms with Gasteiger partial charge in [-0.3, -0.25) is 9.59 Å². The SMILES string of the molecule is CCOC(=O)c1ccc(NC(=O)c2ccccc2NC(=O)c2ccc(C)cc2)cc1. The second kappa shape index (κ2) is 9.52. The highest BCUT2D eigenvalue weighted by molar-refractivity contribution is 6.12. The molecule has 0 aliphatic heterocycles. The molecule has 2 N–H and O–H groups in total. The summed E-state index contributed by atoms with van der Waals surface area (Å²) in [4.78, 5) is 37.0. The van der Waals surface area contributed by atoms with Gasteiger partial charge in [0, 0.05) is 11.3 Å². The van der Waals surface area contributed by atoms with Crippen LogP contribution in [0.1, 0.15) is 43.6 Å². The van der Waals surface area contributed by atoms with Crippen molar-refractivity contribution >= 4 is 29.2 Å². The van der Waals surface area contributed by atoms with Crippen LogP contribution in [0.15, 0.2) is 72.8 Å². The van der Waals surface area contributed by atoms with Gasteiger partial charge in [0.15, 0.2) is 0 Å². The van der Waals surface area contributed by atoms with E-state index in [2.05, 4.69) is 10.6 Å². The number of aryl methyl sites for hydroxylation is 1. The zero-order chi connectivity index (χ0) is 21.5. The Morgan fingerprint density at radius 3 is 2.07 bits per heavy atom. The summed E-state index contributed by atoms with van der Waals surface area (Å²) in [6, 6.07) is 20.4.